The standard InChI is InChI=1S/C22H24N6OS/c1-14-18(16(3)28(26-14)17-8-6-5-7-9-17)10-11-21(29)24-22-23-20(13-30-22)19-12-27(4)25-15(19)2/h5-9,12-13H,10-11H2,1-4H3,(H,23,24,29). The summed E-state index contributed by atoms with van der Waals surface area (Å²) in [5.74, 6) is -0.0509. The van der Waals surface area contributed by atoms with Gasteiger partial charge in [0.15, 0.2) is 5.13 Å². The molecule has 0 spiro atoms. The average Bonchev–Trinajstić information content (AvgIpc) is 3.39. The lowest BCUT2D eigenvalue weighted by Crippen LogP contribution is -2.12. The molecule has 0 radical (unpaired) electrons. The number of carbonyl (C=O) groups excluding carboxylic acids is 1. The van der Waals surface area contributed by atoms with Gasteiger partial charge in [-0.25, -0.2) is 9.67 Å². The van der Waals surface area contributed by atoms with Crippen LogP contribution in [-0.4, -0.2) is 30.5 Å². The maximum Gasteiger partial charge on any atom is 0.226 e. The van der Waals surface area contributed by atoms with Crippen LogP contribution in [0.3, 0.4) is 0 Å². The van der Waals surface area contributed by atoms with Crippen LogP contribution < -0.4 is 5.32 Å². The predicted molar refractivity (Wildman–Crippen MR) is 119 cm³/mol. The Kier molecular flexibility index (Phi) is 5.50. The van der Waals surface area contributed by atoms with Gasteiger partial charge in [0.2, 0.25) is 5.91 Å². The van der Waals surface area contributed by atoms with Crippen LogP contribution in [-0.2, 0) is 18.3 Å². The minimum atomic E-state index is -0.0509. The third-order valence-corrected chi connectivity index (χ3v) is 5.84. The van der Waals surface area contributed by atoms with Crippen LogP contribution in [0.4, 0.5) is 5.13 Å². The minimum absolute atomic E-state index is 0.0509. The highest BCUT2D eigenvalue weighted by molar-refractivity contribution is 7.14. The summed E-state index contributed by atoms with van der Waals surface area (Å²) in [6, 6.07) is 10.0. The van der Waals surface area contributed by atoms with Crippen molar-refractivity contribution in [1.82, 2.24) is 24.5 Å². The number of benzene rings is 1. The van der Waals surface area contributed by atoms with E-state index in [2.05, 4.69) is 20.5 Å². The molecule has 3 aromatic heterocycles. The fourth-order valence-corrected chi connectivity index (χ4v) is 4.31. The Morgan fingerprint density at radius 2 is 1.87 bits per heavy atom. The van der Waals surface area contributed by atoms with Crippen LogP contribution in [0, 0.1) is 20.8 Å². The summed E-state index contributed by atoms with van der Waals surface area (Å²) in [6.07, 6.45) is 2.95. The number of rotatable bonds is 6. The molecule has 3 heterocycles. The highest BCUT2D eigenvalue weighted by Gasteiger charge is 2.16. The van der Waals surface area contributed by atoms with Crippen molar-refractivity contribution >= 4 is 22.4 Å². The lowest BCUT2D eigenvalue weighted by molar-refractivity contribution is -0.116. The van der Waals surface area contributed by atoms with Crippen molar-refractivity contribution in [3.63, 3.8) is 0 Å². The summed E-state index contributed by atoms with van der Waals surface area (Å²) >= 11 is 1.42. The van der Waals surface area contributed by atoms with E-state index in [1.54, 1.807) is 4.68 Å². The molecular weight excluding hydrogens is 396 g/mol. The highest BCUT2D eigenvalue weighted by atomic mass is 32.1. The molecule has 0 unspecified atom stereocenters. The molecule has 0 aliphatic rings. The van der Waals surface area contributed by atoms with Crippen LogP contribution >= 0.6 is 11.3 Å². The third-order valence-electron chi connectivity index (χ3n) is 5.08. The van der Waals surface area contributed by atoms with E-state index in [1.807, 2.05) is 74.4 Å². The first-order valence-corrected chi connectivity index (χ1v) is 10.7. The van der Waals surface area contributed by atoms with Crippen LogP contribution in [0.5, 0.6) is 0 Å². The molecule has 0 fully saturated rings. The number of nitrogens with one attached hydrogen (secondary N) is 1. The zero-order valence-corrected chi connectivity index (χ0v) is 18.3. The fraction of sp³-hybridized carbons (Fsp3) is 0.273. The number of hydrogen-bond donors (Lipinski definition) is 1. The maximum absolute atomic E-state index is 12.5. The van der Waals surface area contributed by atoms with Crippen LogP contribution in [0.15, 0.2) is 41.9 Å². The number of anilines is 1. The smallest absolute Gasteiger partial charge is 0.226 e. The third kappa shape index (κ3) is 4.04. The van der Waals surface area contributed by atoms with E-state index in [0.29, 0.717) is 18.0 Å². The van der Waals surface area contributed by atoms with Gasteiger partial charge in [0.1, 0.15) is 0 Å². The van der Waals surface area contributed by atoms with Gasteiger partial charge < -0.3 is 5.32 Å². The van der Waals surface area contributed by atoms with Gasteiger partial charge in [-0.3, -0.25) is 9.48 Å². The van der Waals surface area contributed by atoms with Gasteiger partial charge in [-0.2, -0.15) is 10.2 Å². The highest BCUT2D eigenvalue weighted by Crippen LogP contribution is 2.27. The van der Waals surface area contributed by atoms with E-state index < -0.39 is 0 Å². The SMILES string of the molecule is Cc1nn(C)cc1-c1csc(NC(=O)CCc2c(C)nn(-c3ccccc3)c2C)n1. The number of nitrogens with zero attached hydrogens (tertiary/aromatic N) is 5. The summed E-state index contributed by atoms with van der Waals surface area (Å²) in [4.78, 5) is 17.1. The van der Waals surface area contributed by atoms with Gasteiger partial charge in [-0.1, -0.05) is 18.2 Å². The van der Waals surface area contributed by atoms with Gasteiger partial charge in [0, 0.05) is 36.3 Å². The Bertz CT molecular complexity index is 1190. The number of aryl methyl sites for hydroxylation is 3. The second kappa shape index (κ2) is 8.23. The molecule has 4 aromatic rings. The second-order valence-corrected chi connectivity index (χ2v) is 8.14. The molecule has 154 valence electrons. The Morgan fingerprint density at radius 3 is 2.57 bits per heavy atom. The predicted octanol–water partition coefficient (Wildman–Crippen LogP) is 4.23. The Labute approximate surface area is 179 Å². The number of aromatic nitrogens is 5. The summed E-state index contributed by atoms with van der Waals surface area (Å²) in [7, 11) is 1.88. The van der Waals surface area contributed by atoms with E-state index in [0.717, 1.165) is 39.6 Å². The molecule has 4 rings (SSSR count). The number of hydrogen-bond acceptors (Lipinski definition) is 5. The van der Waals surface area contributed by atoms with Crippen molar-refractivity contribution in [1.29, 1.82) is 0 Å². The van der Waals surface area contributed by atoms with Gasteiger partial charge in [-0.05, 0) is 44.9 Å². The largest absolute Gasteiger partial charge is 0.302 e. The van der Waals surface area contributed by atoms with Gasteiger partial charge in [-0.15, -0.1) is 11.3 Å². The second-order valence-electron chi connectivity index (χ2n) is 7.28. The van der Waals surface area contributed by atoms with Crippen LogP contribution in [0.1, 0.15) is 29.1 Å². The van der Waals surface area contributed by atoms with E-state index in [4.69, 9.17) is 0 Å². The number of thiazole rings is 1. The van der Waals surface area contributed by atoms with Gasteiger partial charge in [0.05, 0.1) is 22.8 Å². The van der Waals surface area contributed by atoms with Crippen molar-refractivity contribution in [3.8, 4) is 16.9 Å². The van der Waals surface area contributed by atoms with Gasteiger partial charge >= 0.3 is 0 Å². The monoisotopic (exact) mass is 420 g/mol. The summed E-state index contributed by atoms with van der Waals surface area (Å²) in [5.41, 5.74) is 6.88. The van der Waals surface area contributed by atoms with Crippen LogP contribution in [0.25, 0.3) is 16.9 Å². The van der Waals surface area contributed by atoms with Crippen molar-refractivity contribution < 1.29 is 4.79 Å². The molecule has 1 aromatic carbocycles. The Hall–Kier alpha value is -3.26. The molecule has 1 N–H and O–H groups in total. The van der Waals surface area contributed by atoms with Crippen molar-refractivity contribution in [3.05, 3.63) is 64.6 Å². The van der Waals surface area contributed by atoms with E-state index in [1.165, 1.54) is 11.3 Å². The molecule has 0 bridgehead atoms. The lowest BCUT2D eigenvalue weighted by atomic mass is 10.1. The minimum Gasteiger partial charge on any atom is -0.302 e. The summed E-state index contributed by atoms with van der Waals surface area (Å²) < 4.78 is 3.70. The fourth-order valence-electron chi connectivity index (χ4n) is 3.58. The van der Waals surface area contributed by atoms with E-state index in [9.17, 15) is 4.79 Å². The van der Waals surface area contributed by atoms with E-state index in [-0.39, 0.29) is 5.91 Å². The summed E-state index contributed by atoms with van der Waals surface area (Å²) in [6.45, 7) is 5.99. The quantitative estimate of drug-likeness (QED) is 0.506. The zero-order valence-electron chi connectivity index (χ0n) is 17.5. The molecule has 1 amide bonds. The zero-order chi connectivity index (χ0) is 21.3. The average molecular weight is 421 g/mol. The molecular formula is C22H24N6OS. The Morgan fingerprint density at radius 1 is 1.10 bits per heavy atom. The van der Waals surface area contributed by atoms with Crippen LogP contribution in [0.2, 0.25) is 0 Å². The molecule has 8 heteroatoms. The molecule has 0 saturated heterocycles. The topological polar surface area (TPSA) is 77.6 Å². The number of amides is 1. The first-order chi connectivity index (χ1) is 14.4. The van der Waals surface area contributed by atoms with Gasteiger partial charge in [0.25, 0.3) is 0 Å². The normalized spacial score (nSPS) is 11.1. The molecule has 30 heavy (non-hydrogen) atoms. The molecule has 0 aliphatic heterocycles. The number of para-hydroxylation sites is 1. The van der Waals surface area contributed by atoms with Crippen molar-refractivity contribution in [2.24, 2.45) is 7.05 Å². The van der Waals surface area contributed by atoms with Crippen molar-refractivity contribution in [2.75, 3.05) is 5.32 Å². The number of carbonyl (C=O) groups is 1. The molecule has 0 atom stereocenters. The van der Waals surface area contributed by atoms with Crippen molar-refractivity contribution in [2.45, 2.75) is 33.6 Å². The lowest BCUT2D eigenvalue weighted by Gasteiger charge is -2.05. The first kappa shape index (κ1) is 20.0. The molecule has 0 aliphatic carbocycles. The summed E-state index contributed by atoms with van der Waals surface area (Å²) in [5, 5.41) is 14.5. The molecule has 0 saturated carbocycles. The Balaban J connectivity index is 1.41. The van der Waals surface area contributed by atoms with E-state index >= 15 is 0 Å². The maximum atomic E-state index is 12.5. The molecule has 7 nitrogen and oxygen atoms in total. The first-order valence-electron chi connectivity index (χ1n) is 9.79.